The molecule has 0 saturated carbocycles. The highest BCUT2D eigenvalue weighted by Crippen LogP contribution is 2.23. The summed E-state index contributed by atoms with van der Waals surface area (Å²) in [5.41, 5.74) is 2.30. The summed E-state index contributed by atoms with van der Waals surface area (Å²) in [4.78, 5) is 35.3. The zero-order chi connectivity index (χ0) is 24.0. The van der Waals surface area contributed by atoms with Gasteiger partial charge in [0, 0.05) is 26.4 Å². The van der Waals surface area contributed by atoms with E-state index in [1.165, 1.54) is 5.01 Å². The van der Waals surface area contributed by atoms with Gasteiger partial charge in [0.25, 0.3) is 5.91 Å². The average Bonchev–Trinajstić information content (AvgIpc) is 3.26. The summed E-state index contributed by atoms with van der Waals surface area (Å²) in [6.07, 6.45) is 1.91. The number of nitrogens with zero attached hydrogens (tertiary/aromatic N) is 5. The van der Waals surface area contributed by atoms with E-state index in [1.807, 2.05) is 0 Å². The Morgan fingerprint density at radius 3 is 2.79 bits per heavy atom. The first-order chi connectivity index (χ1) is 15.9. The van der Waals surface area contributed by atoms with Gasteiger partial charge in [0.15, 0.2) is 5.84 Å². The van der Waals surface area contributed by atoms with E-state index in [0.717, 1.165) is 11.1 Å². The quantitative estimate of drug-likeness (QED) is 0.181. The van der Waals surface area contributed by atoms with Crippen molar-refractivity contribution in [1.82, 2.24) is 19.9 Å². The molecule has 0 fully saturated rings. The molecule has 0 aromatic carbocycles. The van der Waals surface area contributed by atoms with Crippen molar-refractivity contribution >= 4 is 23.5 Å². The van der Waals surface area contributed by atoms with Gasteiger partial charge >= 0.3 is 0 Å². The lowest BCUT2D eigenvalue weighted by atomic mass is 10.1. The van der Waals surface area contributed by atoms with Crippen molar-refractivity contribution in [2.45, 2.75) is 32.5 Å². The van der Waals surface area contributed by atoms with Gasteiger partial charge in [-0.15, -0.1) is 0 Å². The summed E-state index contributed by atoms with van der Waals surface area (Å²) < 4.78 is 4.96. The van der Waals surface area contributed by atoms with Crippen LogP contribution in [0.3, 0.4) is 0 Å². The Hall–Kier alpha value is -3.61. The van der Waals surface area contributed by atoms with Crippen molar-refractivity contribution in [1.29, 1.82) is 0 Å². The van der Waals surface area contributed by atoms with Crippen LogP contribution in [0.25, 0.3) is 0 Å². The second-order valence-corrected chi connectivity index (χ2v) is 7.58. The number of ether oxygens (including phenoxy) is 1. The predicted octanol–water partition coefficient (Wildman–Crippen LogP) is -0.216. The number of carbonyl (C=O) groups excluding carboxylic acids is 2. The molecule has 3 heterocycles. The smallest absolute Gasteiger partial charge is 0.275 e. The molecule has 3 rings (SSSR count). The lowest BCUT2D eigenvalue weighted by Gasteiger charge is -2.25. The van der Waals surface area contributed by atoms with Crippen LogP contribution in [-0.2, 0) is 22.6 Å². The number of aliphatic hydroxyl groups excluding tert-OH is 1. The number of hydrazone groups is 1. The molecule has 0 saturated heterocycles. The van der Waals surface area contributed by atoms with Crippen LogP contribution < -0.4 is 17.0 Å². The number of hydrogen-bond acceptors (Lipinski definition) is 9. The highest BCUT2D eigenvalue weighted by atomic mass is 16.5. The molecule has 33 heavy (non-hydrogen) atoms. The molecule has 1 aliphatic rings. The zero-order valence-electron chi connectivity index (χ0n) is 18.6. The third-order valence-corrected chi connectivity index (χ3v) is 5.24. The number of carbonyl (C=O) groups is 2. The summed E-state index contributed by atoms with van der Waals surface area (Å²) in [7, 11) is 1.55. The zero-order valence-corrected chi connectivity index (χ0v) is 18.6. The first-order valence-corrected chi connectivity index (χ1v) is 10.3. The molecular weight excluding hydrogens is 428 g/mol. The number of nitrogens with one attached hydrogen (secondary N) is 1. The Balaban J connectivity index is 1.71. The van der Waals surface area contributed by atoms with Crippen molar-refractivity contribution in [3.63, 3.8) is 0 Å². The second kappa shape index (κ2) is 10.8. The van der Waals surface area contributed by atoms with Gasteiger partial charge in [-0.1, -0.05) is 6.07 Å². The molecule has 12 nitrogen and oxygen atoms in total. The van der Waals surface area contributed by atoms with E-state index < -0.39 is 11.9 Å². The first-order valence-electron chi connectivity index (χ1n) is 10.3. The van der Waals surface area contributed by atoms with Gasteiger partial charge in [0.2, 0.25) is 5.91 Å². The number of amidine groups is 1. The number of hydrogen-bond donors (Lipinski definition) is 4. The Bertz CT molecular complexity index is 1040. The van der Waals surface area contributed by atoms with Crippen molar-refractivity contribution in [3.8, 4) is 0 Å². The van der Waals surface area contributed by atoms with Crippen LogP contribution >= 0.6 is 0 Å². The number of fused-ring (bicyclic) bond motifs is 1. The van der Waals surface area contributed by atoms with Gasteiger partial charge in [-0.25, -0.2) is 10.8 Å². The third kappa shape index (κ3) is 5.61. The number of rotatable bonds is 8. The molecular formula is C21H28N8O4. The summed E-state index contributed by atoms with van der Waals surface area (Å²) in [6.45, 7) is 2.73. The molecule has 1 aliphatic heterocycles. The molecule has 0 radical (unpaired) electrons. The fourth-order valence-corrected chi connectivity index (χ4v) is 3.30. The second-order valence-electron chi connectivity index (χ2n) is 7.58. The molecule has 2 aromatic rings. The fourth-order valence-electron chi connectivity index (χ4n) is 3.30. The van der Waals surface area contributed by atoms with E-state index in [1.54, 1.807) is 49.4 Å². The molecule has 12 heteroatoms. The number of aromatic nitrogens is 2. The van der Waals surface area contributed by atoms with Crippen LogP contribution in [0, 0.1) is 0 Å². The monoisotopic (exact) mass is 456 g/mol. The van der Waals surface area contributed by atoms with Crippen molar-refractivity contribution < 1.29 is 19.4 Å². The van der Waals surface area contributed by atoms with Gasteiger partial charge < -0.3 is 25.9 Å². The Morgan fingerprint density at radius 2 is 2.09 bits per heavy atom. The molecule has 176 valence electrons. The van der Waals surface area contributed by atoms with Gasteiger partial charge in [-0.3, -0.25) is 19.6 Å². The minimum atomic E-state index is -0.453. The summed E-state index contributed by atoms with van der Waals surface area (Å²) in [6, 6.07) is 6.14. The molecule has 2 amide bonds. The minimum Gasteiger partial charge on any atom is -0.394 e. The van der Waals surface area contributed by atoms with Crippen LogP contribution in [0.15, 0.2) is 35.6 Å². The van der Waals surface area contributed by atoms with Crippen LogP contribution in [0.1, 0.15) is 40.7 Å². The van der Waals surface area contributed by atoms with E-state index in [2.05, 4.69) is 20.4 Å². The maximum atomic E-state index is 12.8. The summed E-state index contributed by atoms with van der Waals surface area (Å²) >= 11 is 0. The number of amides is 2. The molecule has 2 aromatic heterocycles. The highest BCUT2D eigenvalue weighted by Gasteiger charge is 2.25. The van der Waals surface area contributed by atoms with E-state index in [9.17, 15) is 14.7 Å². The maximum Gasteiger partial charge on any atom is 0.275 e. The van der Waals surface area contributed by atoms with E-state index in [-0.39, 0.29) is 29.9 Å². The summed E-state index contributed by atoms with van der Waals surface area (Å²) in [5.74, 6) is 11.4. The van der Waals surface area contributed by atoms with E-state index in [0.29, 0.717) is 31.8 Å². The average molecular weight is 457 g/mol. The SMILES string of the molecule is COCCC(=O)N1Cc2cnc(C(=O)Nc3cccc(/C(=N/N)N(N)C(C)CO)n3)cc2C1. The van der Waals surface area contributed by atoms with Crippen molar-refractivity contribution in [3.05, 3.63) is 53.0 Å². The van der Waals surface area contributed by atoms with Gasteiger partial charge in [-0.2, -0.15) is 5.10 Å². The van der Waals surface area contributed by atoms with Crippen LogP contribution in [-0.4, -0.2) is 69.0 Å². The largest absolute Gasteiger partial charge is 0.394 e. The Labute approximate surface area is 191 Å². The number of methoxy groups -OCH3 is 1. The fraction of sp³-hybridized carbons (Fsp3) is 0.381. The van der Waals surface area contributed by atoms with Gasteiger partial charge in [0.1, 0.15) is 17.2 Å². The highest BCUT2D eigenvalue weighted by molar-refractivity contribution is 6.03. The van der Waals surface area contributed by atoms with E-state index >= 15 is 0 Å². The van der Waals surface area contributed by atoms with Gasteiger partial charge in [0.05, 0.1) is 25.7 Å². The van der Waals surface area contributed by atoms with Crippen LogP contribution in [0.5, 0.6) is 0 Å². The number of anilines is 1. The molecule has 1 unspecified atom stereocenters. The van der Waals surface area contributed by atoms with Crippen LogP contribution in [0.2, 0.25) is 0 Å². The molecule has 0 bridgehead atoms. The number of pyridine rings is 2. The molecule has 1 atom stereocenters. The Kier molecular flexibility index (Phi) is 7.87. The maximum absolute atomic E-state index is 12.8. The lowest BCUT2D eigenvalue weighted by Crippen LogP contribution is -2.47. The number of nitrogens with two attached hydrogens (primary N) is 2. The molecule has 0 aliphatic carbocycles. The minimum absolute atomic E-state index is 0.0121. The molecule has 0 spiro atoms. The van der Waals surface area contributed by atoms with Crippen LogP contribution in [0.4, 0.5) is 5.82 Å². The van der Waals surface area contributed by atoms with Crippen molar-refractivity contribution in [2.75, 3.05) is 25.6 Å². The summed E-state index contributed by atoms with van der Waals surface area (Å²) in [5, 5.41) is 16.9. The molecule has 6 N–H and O–H groups in total. The Morgan fingerprint density at radius 1 is 1.33 bits per heavy atom. The first kappa shape index (κ1) is 24.0. The third-order valence-electron chi connectivity index (χ3n) is 5.24. The topological polar surface area (TPSA) is 172 Å². The number of aliphatic hydroxyl groups is 1. The normalized spacial score (nSPS) is 14.1. The number of hydrazine groups is 1. The van der Waals surface area contributed by atoms with Crippen molar-refractivity contribution in [2.24, 2.45) is 16.8 Å². The van der Waals surface area contributed by atoms with Gasteiger partial charge in [-0.05, 0) is 36.2 Å². The van der Waals surface area contributed by atoms with E-state index in [4.69, 9.17) is 16.4 Å². The standard InChI is InChI=1S/C21H28N8O4/c1-13(12-30)29(23)20(27-22)16-4-3-5-18(25-16)26-21(32)17-8-14-10-28(11-15(14)9-24-17)19(31)6-7-33-2/h3-5,8-9,13,30H,6-7,10-12,22-23H2,1-2H3,(H,25,26,32)/b27-20-. The predicted molar refractivity (Wildman–Crippen MR) is 120 cm³/mol. The lowest BCUT2D eigenvalue weighted by molar-refractivity contribution is -0.132.